The number of nitrogens with zero attached hydrogens (tertiary/aromatic N) is 2. The summed E-state index contributed by atoms with van der Waals surface area (Å²) in [5.74, 6) is -0.574. The largest absolute Gasteiger partial charge is 0.343 e. The van der Waals surface area contributed by atoms with E-state index in [9.17, 15) is 14.4 Å². The van der Waals surface area contributed by atoms with Gasteiger partial charge >= 0.3 is 0 Å². The fraction of sp³-hybridized carbons (Fsp3) is 0.372. The summed E-state index contributed by atoms with van der Waals surface area (Å²) in [6.45, 7) is 1.58. The van der Waals surface area contributed by atoms with Gasteiger partial charge in [0.15, 0.2) is 0 Å². The van der Waals surface area contributed by atoms with E-state index in [-0.39, 0.29) is 35.7 Å². The SMILES string of the molecule is CN[C@H](Cc1ccccc1)C(=O)N[C@@H]1C(=O)N2C(CC[C@@H]1CCN(C)Cc1ccccc1)CC[C@H]2C(=O)NC(c1ccccc1)c1ccccc1. The molecule has 0 bridgehead atoms. The van der Waals surface area contributed by atoms with E-state index in [4.69, 9.17) is 0 Å². The van der Waals surface area contributed by atoms with Crippen molar-refractivity contribution in [2.45, 2.75) is 75.3 Å². The van der Waals surface area contributed by atoms with Crippen LogP contribution in [0.1, 0.15) is 60.4 Å². The van der Waals surface area contributed by atoms with Crippen LogP contribution in [0.3, 0.4) is 0 Å². The van der Waals surface area contributed by atoms with Crippen LogP contribution in [0.2, 0.25) is 0 Å². The minimum atomic E-state index is -0.730. The molecular weight excluding hydrogens is 635 g/mol. The molecule has 266 valence electrons. The Morgan fingerprint density at radius 2 is 1.31 bits per heavy atom. The van der Waals surface area contributed by atoms with Crippen LogP contribution in [0.5, 0.6) is 0 Å². The number of amides is 3. The van der Waals surface area contributed by atoms with E-state index in [1.165, 1.54) is 5.56 Å². The first-order valence-electron chi connectivity index (χ1n) is 18.4. The van der Waals surface area contributed by atoms with Crippen LogP contribution >= 0.6 is 0 Å². The van der Waals surface area contributed by atoms with Gasteiger partial charge in [-0.3, -0.25) is 14.4 Å². The maximum absolute atomic E-state index is 14.8. The van der Waals surface area contributed by atoms with E-state index >= 15 is 0 Å². The first kappa shape index (κ1) is 36.0. The van der Waals surface area contributed by atoms with E-state index in [0.717, 1.165) is 55.5 Å². The zero-order valence-corrected chi connectivity index (χ0v) is 29.8. The number of benzene rings is 4. The fourth-order valence-electron chi connectivity index (χ4n) is 7.86. The van der Waals surface area contributed by atoms with Crippen molar-refractivity contribution in [3.63, 3.8) is 0 Å². The average molecular weight is 686 g/mol. The summed E-state index contributed by atoms with van der Waals surface area (Å²) in [5.41, 5.74) is 4.24. The average Bonchev–Trinajstić information content (AvgIpc) is 3.55. The lowest BCUT2D eigenvalue weighted by atomic mass is 9.89. The van der Waals surface area contributed by atoms with Crippen LogP contribution in [-0.4, -0.2) is 72.3 Å². The van der Waals surface area contributed by atoms with E-state index in [1.807, 2.05) is 114 Å². The normalized spacial score (nSPS) is 20.9. The first-order chi connectivity index (χ1) is 24.9. The second-order valence-corrected chi connectivity index (χ2v) is 14.1. The fourth-order valence-corrected chi connectivity index (χ4v) is 7.86. The summed E-state index contributed by atoms with van der Waals surface area (Å²) >= 11 is 0. The highest BCUT2D eigenvalue weighted by Crippen LogP contribution is 2.36. The summed E-state index contributed by atoms with van der Waals surface area (Å²) in [7, 11) is 3.88. The van der Waals surface area contributed by atoms with Gasteiger partial charge in [-0.2, -0.15) is 0 Å². The molecule has 0 spiro atoms. The number of hydrogen-bond acceptors (Lipinski definition) is 5. The predicted octanol–water partition coefficient (Wildman–Crippen LogP) is 5.50. The second-order valence-electron chi connectivity index (χ2n) is 14.1. The number of fused-ring (bicyclic) bond motifs is 1. The van der Waals surface area contributed by atoms with Crippen LogP contribution in [-0.2, 0) is 27.3 Å². The van der Waals surface area contributed by atoms with Crippen molar-refractivity contribution in [3.8, 4) is 0 Å². The van der Waals surface area contributed by atoms with Crippen molar-refractivity contribution >= 4 is 17.7 Å². The molecule has 4 aromatic carbocycles. The zero-order chi connectivity index (χ0) is 35.6. The van der Waals surface area contributed by atoms with Gasteiger partial charge in [-0.05, 0) is 87.3 Å². The number of hydrogen-bond donors (Lipinski definition) is 3. The standard InChI is InChI=1S/C43H51N5O3/c1-44-37(29-31-15-7-3-8-16-31)41(49)46-40-35(27-28-47(2)30-32-17-9-4-10-18-32)23-24-36-25-26-38(48(36)43(40)51)42(50)45-39(33-19-11-5-12-20-33)34-21-13-6-14-22-34/h3-22,35-40,44H,23-30H2,1-2H3,(H,45,50)(H,46,49)/t35-,36?,37-,38+,40+/m1/s1. The molecule has 0 radical (unpaired) electrons. The molecule has 2 saturated heterocycles. The van der Waals surface area contributed by atoms with Crippen molar-refractivity contribution in [2.75, 3.05) is 20.6 Å². The Hall–Kier alpha value is -4.79. The van der Waals surface area contributed by atoms with Gasteiger partial charge in [0.1, 0.15) is 12.1 Å². The molecule has 1 unspecified atom stereocenters. The summed E-state index contributed by atoms with van der Waals surface area (Å²) < 4.78 is 0. The van der Waals surface area contributed by atoms with Crippen molar-refractivity contribution in [1.82, 2.24) is 25.8 Å². The molecule has 0 saturated carbocycles. The van der Waals surface area contributed by atoms with Crippen molar-refractivity contribution in [2.24, 2.45) is 5.92 Å². The van der Waals surface area contributed by atoms with Crippen molar-refractivity contribution < 1.29 is 14.4 Å². The smallest absolute Gasteiger partial charge is 0.246 e. The second kappa shape index (κ2) is 17.4. The van der Waals surface area contributed by atoms with Crippen LogP contribution in [0.4, 0.5) is 0 Å². The quantitative estimate of drug-likeness (QED) is 0.163. The molecule has 6 rings (SSSR count). The third-order valence-electron chi connectivity index (χ3n) is 10.6. The lowest BCUT2D eigenvalue weighted by molar-refractivity contribution is -0.144. The number of carbonyl (C=O) groups excluding carboxylic acids is 3. The Morgan fingerprint density at radius 3 is 1.90 bits per heavy atom. The van der Waals surface area contributed by atoms with Gasteiger partial charge in [0.2, 0.25) is 17.7 Å². The molecule has 2 heterocycles. The van der Waals surface area contributed by atoms with Crippen LogP contribution < -0.4 is 16.0 Å². The predicted molar refractivity (Wildman–Crippen MR) is 202 cm³/mol. The molecule has 5 atom stereocenters. The Kier molecular flexibility index (Phi) is 12.3. The Morgan fingerprint density at radius 1 is 0.765 bits per heavy atom. The maximum Gasteiger partial charge on any atom is 0.246 e. The zero-order valence-electron chi connectivity index (χ0n) is 29.8. The van der Waals surface area contributed by atoms with Gasteiger partial charge in [-0.1, -0.05) is 121 Å². The highest BCUT2D eigenvalue weighted by molar-refractivity contribution is 5.94. The van der Waals surface area contributed by atoms with Gasteiger partial charge in [0.05, 0.1) is 12.1 Å². The van der Waals surface area contributed by atoms with E-state index in [2.05, 4.69) is 40.0 Å². The lowest BCUT2D eigenvalue weighted by Crippen LogP contribution is -2.58. The molecule has 51 heavy (non-hydrogen) atoms. The summed E-state index contributed by atoms with van der Waals surface area (Å²) in [4.78, 5) is 47.1. The van der Waals surface area contributed by atoms with Gasteiger partial charge in [0.25, 0.3) is 0 Å². The highest BCUT2D eigenvalue weighted by atomic mass is 16.2. The van der Waals surface area contributed by atoms with Crippen molar-refractivity contribution in [3.05, 3.63) is 144 Å². The van der Waals surface area contributed by atoms with Gasteiger partial charge in [0, 0.05) is 12.6 Å². The number of nitrogens with one attached hydrogen (secondary N) is 3. The Balaban J connectivity index is 1.23. The van der Waals surface area contributed by atoms with Crippen LogP contribution in [0.25, 0.3) is 0 Å². The minimum Gasteiger partial charge on any atom is -0.343 e. The molecule has 2 fully saturated rings. The molecule has 3 amide bonds. The molecule has 4 aromatic rings. The van der Waals surface area contributed by atoms with Gasteiger partial charge < -0.3 is 25.8 Å². The van der Waals surface area contributed by atoms with E-state index in [0.29, 0.717) is 12.8 Å². The minimum absolute atomic E-state index is 0.0454. The van der Waals surface area contributed by atoms with Gasteiger partial charge in [-0.15, -0.1) is 0 Å². The van der Waals surface area contributed by atoms with Crippen molar-refractivity contribution in [1.29, 1.82) is 0 Å². The summed E-state index contributed by atoms with van der Waals surface area (Å²) in [6, 6.07) is 38.0. The summed E-state index contributed by atoms with van der Waals surface area (Å²) in [5, 5.41) is 9.72. The maximum atomic E-state index is 14.8. The lowest BCUT2D eigenvalue weighted by Gasteiger charge is -2.34. The monoisotopic (exact) mass is 685 g/mol. The third kappa shape index (κ3) is 9.12. The summed E-state index contributed by atoms with van der Waals surface area (Å²) in [6.07, 6.45) is 4.22. The molecule has 0 aromatic heterocycles. The Labute approximate surface area is 302 Å². The third-order valence-corrected chi connectivity index (χ3v) is 10.6. The van der Waals surface area contributed by atoms with E-state index < -0.39 is 18.1 Å². The number of likely N-dealkylation sites (N-methyl/N-ethyl adjacent to an activating group) is 1. The molecule has 2 aliphatic rings. The van der Waals surface area contributed by atoms with E-state index in [1.54, 1.807) is 7.05 Å². The highest BCUT2D eigenvalue weighted by Gasteiger charge is 2.48. The molecule has 3 N–H and O–H groups in total. The first-order valence-corrected chi connectivity index (χ1v) is 18.4. The molecule has 0 aliphatic carbocycles. The molecule has 2 aliphatic heterocycles. The topological polar surface area (TPSA) is 93.8 Å². The number of rotatable bonds is 14. The molecule has 8 heteroatoms. The number of carbonyl (C=O) groups is 3. The Bertz CT molecular complexity index is 1670. The van der Waals surface area contributed by atoms with Crippen LogP contribution in [0, 0.1) is 5.92 Å². The van der Waals surface area contributed by atoms with Gasteiger partial charge in [-0.25, -0.2) is 0 Å². The molecular formula is C43H51N5O3. The molecule has 8 nitrogen and oxygen atoms in total. The van der Waals surface area contributed by atoms with Crippen LogP contribution in [0.15, 0.2) is 121 Å².